The largest absolute Gasteiger partial charge is 0.496 e. The van der Waals surface area contributed by atoms with Crippen LogP contribution in [-0.2, 0) is 16.4 Å². The molecule has 2 aromatic rings. The minimum atomic E-state index is -3.92. The van der Waals surface area contributed by atoms with Crippen LogP contribution >= 0.6 is 11.6 Å². The number of primary sulfonamides is 1. The van der Waals surface area contributed by atoms with Gasteiger partial charge in [0.25, 0.3) is 5.91 Å². The Labute approximate surface area is 163 Å². The zero-order chi connectivity index (χ0) is 20.0. The summed E-state index contributed by atoms with van der Waals surface area (Å²) in [6.45, 7) is 2.35. The zero-order valence-electron chi connectivity index (χ0n) is 15.0. The smallest absolute Gasteiger partial charge is 0.255 e. The van der Waals surface area contributed by atoms with Crippen LogP contribution in [0, 0.1) is 0 Å². The maximum absolute atomic E-state index is 12.3. The fraction of sp³-hybridized carbons (Fsp3) is 0.278. The van der Waals surface area contributed by atoms with Gasteiger partial charge in [0.1, 0.15) is 16.4 Å². The van der Waals surface area contributed by atoms with Gasteiger partial charge in [-0.1, -0.05) is 17.7 Å². The van der Waals surface area contributed by atoms with Crippen LogP contribution in [0.4, 0.5) is 0 Å². The molecule has 146 valence electrons. The summed E-state index contributed by atoms with van der Waals surface area (Å²) in [6, 6.07) is 9.50. The Morgan fingerprint density at radius 1 is 1.19 bits per heavy atom. The molecule has 27 heavy (non-hydrogen) atoms. The molecule has 9 heteroatoms. The third-order valence-corrected chi connectivity index (χ3v) is 4.89. The number of benzene rings is 2. The van der Waals surface area contributed by atoms with Gasteiger partial charge < -0.3 is 14.8 Å². The topological polar surface area (TPSA) is 108 Å². The molecule has 2 aromatic carbocycles. The summed E-state index contributed by atoms with van der Waals surface area (Å²) in [6.07, 6.45) is 0.406. The number of nitrogens with two attached hydrogens (primary N) is 1. The lowest BCUT2D eigenvalue weighted by molar-refractivity contribution is 0.0951. The highest BCUT2D eigenvalue weighted by Crippen LogP contribution is 2.25. The van der Waals surface area contributed by atoms with Crippen LogP contribution in [0.15, 0.2) is 41.3 Å². The lowest BCUT2D eigenvalue weighted by Crippen LogP contribution is -2.26. The van der Waals surface area contributed by atoms with Gasteiger partial charge in [-0.2, -0.15) is 0 Å². The number of hydrogen-bond donors (Lipinski definition) is 2. The molecule has 1 amide bonds. The Morgan fingerprint density at radius 3 is 2.52 bits per heavy atom. The van der Waals surface area contributed by atoms with Crippen molar-refractivity contribution in [1.82, 2.24) is 5.32 Å². The molecule has 2 rings (SSSR count). The minimum absolute atomic E-state index is 0.0790. The molecule has 0 aromatic heterocycles. The van der Waals surface area contributed by atoms with Crippen molar-refractivity contribution in [2.24, 2.45) is 5.14 Å². The Bertz CT molecular complexity index is 931. The van der Waals surface area contributed by atoms with Crippen molar-refractivity contribution in [3.63, 3.8) is 0 Å². The van der Waals surface area contributed by atoms with Crippen molar-refractivity contribution >= 4 is 27.5 Å². The van der Waals surface area contributed by atoms with E-state index in [2.05, 4.69) is 5.32 Å². The first kappa shape index (κ1) is 21.0. The van der Waals surface area contributed by atoms with E-state index in [1.54, 1.807) is 31.2 Å². The van der Waals surface area contributed by atoms with Crippen LogP contribution in [0.1, 0.15) is 22.8 Å². The fourth-order valence-corrected chi connectivity index (χ4v) is 3.37. The van der Waals surface area contributed by atoms with E-state index in [4.69, 9.17) is 26.2 Å². The standard InChI is InChI=1S/C18H21ClN2O5S/c1-3-26-16-6-4-12(10-17(16)27(20,23)24)8-9-21-18(22)14-11-13(19)5-7-15(14)25-2/h4-7,10-11H,3,8-9H2,1-2H3,(H,21,22)(H2,20,23,24). The van der Waals surface area contributed by atoms with E-state index in [1.165, 1.54) is 19.2 Å². The second-order valence-corrected chi connectivity index (χ2v) is 7.58. The molecule has 0 saturated heterocycles. The predicted octanol–water partition coefficient (Wildman–Crippen LogP) is 2.37. The number of methoxy groups -OCH3 is 1. The Balaban J connectivity index is 2.09. The third kappa shape index (κ3) is 5.59. The van der Waals surface area contributed by atoms with E-state index in [0.717, 1.165) is 0 Å². The molecule has 0 aliphatic rings. The first-order valence-electron chi connectivity index (χ1n) is 8.16. The van der Waals surface area contributed by atoms with Gasteiger partial charge in [0.2, 0.25) is 10.0 Å². The Kier molecular flexibility index (Phi) is 7.06. The summed E-state index contributed by atoms with van der Waals surface area (Å²) >= 11 is 5.93. The molecule has 0 saturated carbocycles. The zero-order valence-corrected chi connectivity index (χ0v) is 16.6. The van der Waals surface area contributed by atoms with Crippen molar-refractivity contribution in [3.05, 3.63) is 52.5 Å². The van der Waals surface area contributed by atoms with Crippen molar-refractivity contribution in [1.29, 1.82) is 0 Å². The predicted molar refractivity (Wildman–Crippen MR) is 103 cm³/mol. The first-order chi connectivity index (χ1) is 12.8. The van der Waals surface area contributed by atoms with Crippen LogP contribution in [0.5, 0.6) is 11.5 Å². The average Bonchev–Trinajstić information content (AvgIpc) is 2.62. The fourth-order valence-electron chi connectivity index (χ4n) is 2.48. The SMILES string of the molecule is CCOc1ccc(CCNC(=O)c2cc(Cl)ccc2OC)cc1S(N)(=O)=O. The molecular formula is C18H21ClN2O5S. The summed E-state index contributed by atoms with van der Waals surface area (Å²) < 4.78 is 34.0. The number of rotatable bonds is 8. The molecule has 3 N–H and O–H groups in total. The number of sulfonamides is 1. The van der Waals surface area contributed by atoms with Gasteiger partial charge in [0, 0.05) is 11.6 Å². The maximum Gasteiger partial charge on any atom is 0.255 e. The van der Waals surface area contributed by atoms with Crippen LogP contribution in [0.3, 0.4) is 0 Å². The van der Waals surface area contributed by atoms with Gasteiger partial charge in [0.15, 0.2) is 0 Å². The van der Waals surface area contributed by atoms with Gasteiger partial charge in [-0.25, -0.2) is 13.6 Å². The minimum Gasteiger partial charge on any atom is -0.496 e. The van der Waals surface area contributed by atoms with E-state index >= 15 is 0 Å². The Hall–Kier alpha value is -2.29. The summed E-state index contributed by atoms with van der Waals surface area (Å²) in [5.41, 5.74) is 1.02. The highest BCUT2D eigenvalue weighted by atomic mass is 35.5. The van der Waals surface area contributed by atoms with E-state index in [1.807, 2.05) is 0 Å². The van der Waals surface area contributed by atoms with E-state index in [0.29, 0.717) is 34.9 Å². The van der Waals surface area contributed by atoms with E-state index in [-0.39, 0.29) is 23.1 Å². The average molecular weight is 413 g/mol. The van der Waals surface area contributed by atoms with Crippen LogP contribution in [0.25, 0.3) is 0 Å². The molecule has 0 bridgehead atoms. The van der Waals surface area contributed by atoms with E-state index < -0.39 is 10.0 Å². The molecule has 0 spiro atoms. The number of hydrogen-bond acceptors (Lipinski definition) is 5. The van der Waals surface area contributed by atoms with Gasteiger partial charge in [-0.05, 0) is 49.2 Å². The van der Waals surface area contributed by atoms with Gasteiger partial charge in [0.05, 0.1) is 19.3 Å². The molecule has 0 atom stereocenters. The van der Waals surface area contributed by atoms with Crippen LogP contribution in [-0.4, -0.2) is 34.6 Å². The lowest BCUT2D eigenvalue weighted by Gasteiger charge is -2.12. The maximum atomic E-state index is 12.3. The van der Waals surface area contributed by atoms with Crippen molar-refractivity contribution < 1.29 is 22.7 Å². The monoisotopic (exact) mass is 412 g/mol. The second-order valence-electron chi connectivity index (χ2n) is 5.61. The highest BCUT2D eigenvalue weighted by molar-refractivity contribution is 7.89. The molecule has 0 aliphatic carbocycles. The van der Waals surface area contributed by atoms with Crippen LogP contribution in [0.2, 0.25) is 5.02 Å². The normalized spacial score (nSPS) is 11.1. The molecule has 0 aliphatic heterocycles. The van der Waals surface area contributed by atoms with E-state index in [9.17, 15) is 13.2 Å². The van der Waals surface area contributed by atoms with Gasteiger partial charge >= 0.3 is 0 Å². The molecule has 7 nitrogen and oxygen atoms in total. The van der Waals surface area contributed by atoms with Crippen molar-refractivity contribution in [3.8, 4) is 11.5 Å². The quantitative estimate of drug-likeness (QED) is 0.692. The number of carbonyl (C=O) groups excluding carboxylic acids is 1. The Morgan fingerprint density at radius 2 is 1.89 bits per heavy atom. The third-order valence-electron chi connectivity index (χ3n) is 3.72. The number of carbonyl (C=O) groups is 1. The second kappa shape index (κ2) is 9.07. The molecule has 0 unspecified atom stereocenters. The summed E-state index contributed by atoms with van der Waals surface area (Å²) in [5.74, 6) is 0.276. The number of nitrogens with one attached hydrogen (secondary N) is 1. The van der Waals surface area contributed by atoms with Crippen molar-refractivity contribution in [2.45, 2.75) is 18.2 Å². The molecular weight excluding hydrogens is 392 g/mol. The number of ether oxygens (including phenoxy) is 2. The first-order valence-corrected chi connectivity index (χ1v) is 10.1. The molecule has 0 fully saturated rings. The van der Waals surface area contributed by atoms with Gasteiger partial charge in [-0.3, -0.25) is 4.79 Å². The number of amides is 1. The summed E-state index contributed by atoms with van der Waals surface area (Å²) in [5, 5.41) is 8.43. The van der Waals surface area contributed by atoms with Gasteiger partial charge in [-0.15, -0.1) is 0 Å². The summed E-state index contributed by atoms with van der Waals surface area (Å²) in [4.78, 5) is 12.3. The number of halogens is 1. The lowest BCUT2D eigenvalue weighted by atomic mass is 10.1. The molecule has 0 radical (unpaired) electrons. The molecule has 0 heterocycles. The van der Waals surface area contributed by atoms with Crippen molar-refractivity contribution in [2.75, 3.05) is 20.3 Å². The summed E-state index contributed by atoms with van der Waals surface area (Å²) in [7, 11) is -2.45. The highest BCUT2D eigenvalue weighted by Gasteiger charge is 2.16. The van der Waals surface area contributed by atoms with Crippen LogP contribution < -0.4 is 19.9 Å².